The smallest absolute Gasteiger partial charge is 0.215 e. The minimum Gasteiger partial charge on any atom is -0.333 e. The summed E-state index contributed by atoms with van der Waals surface area (Å²) in [6, 6.07) is 45.0. The Labute approximate surface area is 224 Å². The van der Waals surface area contributed by atoms with Crippen molar-refractivity contribution < 1.29 is 0 Å². The first-order valence-electron chi connectivity index (χ1n) is 13.4. The molecule has 1 aromatic heterocycles. The summed E-state index contributed by atoms with van der Waals surface area (Å²) in [4.78, 5) is 4.98. The van der Waals surface area contributed by atoms with Gasteiger partial charge in [-0.05, 0) is 28.1 Å². The molecule has 0 aliphatic carbocycles. The lowest BCUT2D eigenvalue weighted by atomic mass is 9.58. The summed E-state index contributed by atoms with van der Waals surface area (Å²) in [6.07, 6.45) is 6.67. The van der Waals surface area contributed by atoms with Gasteiger partial charge in [0.2, 0.25) is 7.28 Å². The molecular formula is C33H34BN2Si. The lowest BCUT2D eigenvalue weighted by molar-refractivity contribution is 0.602. The molecule has 0 fully saturated rings. The molecule has 0 atom stereocenters. The summed E-state index contributed by atoms with van der Waals surface area (Å²) in [6.45, 7) is 2.29. The van der Waals surface area contributed by atoms with Crippen LogP contribution in [0.3, 0.4) is 0 Å². The maximum absolute atomic E-state index is 4.98. The SMILES string of the molecule is CCCC[SiH2]C(c1ccccc1)(c1ccccc1)n1ccnc1[B]C(c1ccccc1)c1ccccc1. The molecule has 0 unspecified atom stereocenters. The quantitative estimate of drug-likeness (QED) is 0.158. The molecule has 37 heavy (non-hydrogen) atoms. The van der Waals surface area contributed by atoms with Gasteiger partial charge in [0.1, 0.15) is 0 Å². The number of unbranched alkanes of at least 4 members (excludes halogenated alkanes) is 1. The lowest BCUT2D eigenvalue weighted by Crippen LogP contribution is -2.49. The molecule has 5 aromatic rings. The third-order valence-corrected chi connectivity index (χ3v) is 10.1. The Balaban J connectivity index is 1.66. The van der Waals surface area contributed by atoms with Gasteiger partial charge >= 0.3 is 0 Å². The van der Waals surface area contributed by atoms with Gasteiger partial charge in [-0.25, -0.2) is 0 Å². The Hall–Kier alpha value is -3.63. The largest absolute Gasteiger partial charge is 0.333 e. The van der Waals surface area contributed by atoms with Crippen LogP contribution in [-0.4, -0.2) is 26.4 Å². The number of imidazole rings is 1. The molecule has 0 N–H and O–H groups in total. The van der Waals surface area contributed by atoms with Gasteiger partial charge in [0, 0.05) is 12.4 Å². The van der Waals surface area contributed by atoms with Gasteiger partial charge in [0.05, 0.1) is 20.4 Å². The van der Waals surface area contributed by atoms with Crippen molar-refractivity contribution in [3.8, 4) is 0 Å². The van der Waals surface area contributed by atoms with Crippen molar-refractivity contribution in [2.45, 2.75) is 36.8 Å². The molecule has 0 spiro atoms. The molecule has 0 aliphatic heterocycles. The average molecular weight is 498 g/mol. The van der Waals surface area contributed by atoms with Crippen LogP contribution in [0, 0.1) is 0 Å². The first kappa shape index (κ1) is 25.0. The van der Waals surface area contributed by atoms with Crippen LogP contribution in [-0.2, 0) is 5.16 Å². The Morgan fingerprint density at radius 1 is 0.730 bits per heavy atom. The normalized spacial score (nSPS) is 11.8. The Kier molecular flexibility index (Phi) is 8.17. The van der Waals surface area contributed by atoms with Gasteiger partial charge in [-0.3, -0.25) is 4.98 Å². The molecule has 4 aromatic carbocycles. The summed E-state index contributed by atoms with van der Waals surface area (Å²) in [5.74, 6) is 0.116. The fourth-order valence-electron chi connectivity index (χ4n) is 5.53. The maximum atomic E-state index is 4.98. The van der Waals surface area contributed by atoms with E-state index in [-0.39, 0.29) is 11.0 Å². The van der Waals surface area contributed by atoms with Crippen LogP contribution in [0.25, 0.3) is 0 Å². The van der Waals surface area contributed by atoms with E-state index >= 15 is 0 Å². The van der Waals surface area contributed by atoms with Crippen molar-refractivity contribution in [3.63, 3.8) is 0 Å². The molecule has 0 saturated heterocycles. The molecular weight excluding hydrogens is 463 g/mol. The fourth-order valence-corrected chi connectivity index (χ4v) is 8.35. The third-order valence-electron chi connectivity index (χ3n) is 7.36. The number of nitrogens with zero attached hydrogens (tertiary/aromatic N) is 2. The van der Waals surface area contributed by atoms with Crippen molar-refractivity contribution in [2.75, 3.05) is 0 Å². The van der Waals surface area contributed by atoms with Gasteiger partial charge in [-0.15, -0.1) is 0 Å². The van der Waals surface area contributed by atoms with E-state index in [2.05, 4.69) is 146 Å². The highest BCUT2D eigenvalue weighted by Gasteiger charge is 2.37. The van der Waals surface area contributed by atoms with Crippen LogP contribution < -0.4 is 5.72 Å². The topological polar surface area (TPSA) is 17.8 Å². The molecule has 4 heteroatoms. The van der Waals surface area contributed by atoms with E-state index in [1.165, 1.54) is 41.1 Å². The number of rotatable bonds is 11. The summed E-state index contributed by atoms with van der Waals surface area (Å²) in [5.41, 5.74) is 6.28. The van der Waals surface area contributed by atoms with Crippen molar-refractivity contribution in [1.82, 2.24) is 9.55 Å². The average Bonchev–Trinajstić information content (AvgIpc) is 3.45. The van der Waals surface area contributed by atoms with Gasteiger partial charge in [-0.1, -0.05) is 147 Å². The Bertz CT molecular complexity index is 1280. The van der Waals surface area contributed by atoms with Crippen LogP contribution >= 0.6 is 0 Å². The standard InChI is InChI=1S/C33H34BN2Si/c1-2-3-26-37-33(29-20-12-6-13-21-29,30-22-14-7-15-23-30)36-25-24-35-32(36)34-31(27-16-8-4-9-17-27)28-18-10-5-11-19-28/h4-25,31H,2-3,26,37H2,1H3. The van der Waals surface area contributed by atoms with E-state index in [1.807, 2.05) is 6.20 Å². The second kappa shape index (κ2) is 12.1. The molecule has 0 amide bonds. The number of hydrogen-bond acceptors (Lipinski definition) is 1. The minimum absolute atomic E-state index is 0.116. The highest BCUT2D eigenvalue weighted by atomic mass is 28.2. The van der Waals surface area contributed by atoms with Gasteiger partial charge < -0.3 is 4.57 Å². The maximum Gasteiger partial charge on any atom is 0.215 e. The van der Waals surface area contributed by atoms with Crippen molar-refractivity contribution in [2.24, 2.45) is 0 Å². The van der Waals surface area contributed by atoms with Crippen molar-refractivity contribution >= 4 is 22.5 Å². The molecule has 0 aliphatic rings. The van der Waals surface area contributed by atoms with E-state index in [0.717, 1.165) is 5.72 Å². The predicted octanol–water partition coefficient (Wildman–Crippen LogP) is 6.14. The van der Waals surface area contributed by atoms with Gasteiger partial charge in [0.25, 0.3) is 0 Å². The van der Waals surface area contributed by atoms with Gasteiger partial charge in [-0.2, -0.15) is 0 Å². The highest BCUT2D eigenvalue weighted by Crippen LogP contribution is 2.34. The summed E-state index contributed by atoms with van der Waals surface area (Å²) in [7, 11) is 1.72. The first-order chi connectivity index (χ1) is 18.3. The van der Waals surface area contributed by atoms with E-state index in [1.54, 1.807) is 0 Å². The Morgan fingerprint density at radius 3 is 1.70 bits per heavy atom. The van der Waals surface area contributed by atoms with Crippen LogP contribution in [0.2, 0.25) is 6.04 Å². The first-order valence-corrected chi connectivity index (χ1v) is 15.1. The van der Waals surface area contributed by atoms with Crippen LogP contribution in [0.1, 0.15) is 47.8 Å². The zero-order valence-electron chi connectivity index (χ0n) is 21.6. The fraction of sp³-hybridized carbons (Fsp3) is 0.182. The lowest BCUT2D eigenvalue weighted by Gasteiger charge is -2.39. The number of aromatic nitrogens is 2. The zero-order chi connectivity index (χ0) is 25.3. The molecule has 0 bridgehead atoms. The third kappa shape index (κ3) is 5.40. The summed E-state index contributed by atoms with van der Waals surface area (Å²) in [5, 5.41) is -0.210. The van der Waals surface area contributed by atoms with Crippen molar-refractivity contribution in [1.29, 1.82) is 0 Å². The van der Waals surface area contributed by atoms with Crippen molar-refractivity contribution in [3.05, 3.63) is 156 Å². The van der Waals surface area contributed by atoms with Crippen LogP contribution in [0.15, 0.2) is 134 Å². The molecule has 1 heterocycles. The number of hydrogen-bond donors (Lipinski definition) is 0. The monoisotopic (exact) mass is 497 g/mol. The zero-order valence-corrected chi connectivity index (χ0v) is 23.0. The van der Waals surface area contributed by atoms with E-state index in [0.29, 0.717) is 0 Å². The van der Waals surface area contributed by atoms with Crippen LogP contribution in [0.4, 0.5) is 0 Å². The van der Waals surface area contributed by atoms with E-state index in [9.17, 15) is 0 Å². The van der Waals surface area contributed by atoms with E-state index in [4.69, 9.17) is 4.98 Å². The molecule has 5 rings (SSSR count). The van der Waals surface area contributed by atoms with Crippen LogP contribution in [0.5, 0.6) is 0 Å². The van der Waals surface area contributed by atoms with E-state index < -0.39 is 9.52 Å². The summed E-state index contributed by atoms with van der Waals surface area (Å²) >= 11 is 0. The molecule has 183 valence electrons. The summed E-state index contributed by atoms with van der Waals surface area (Å²) < 4.78 is 2.48. The Morgan fingerprint density at radius 2 is 1.22 bits per heavy atom. The predicted molar refractivity (Wildman–Crippen MR) is 160 cm³/mol. The highest BCUT2D eigenvalue weighted by molar-refractivity contribution is 6.54. The molecule has 1 radical (unpaired) electrons. The minimum atomic E-state index is -0.636. The molecule has 2 nitrogen and oxygen atoms in total. The second-order valence-corrected chi connectivity index (χ2v) is 11.9. The number of benzene rings is 4. The van der Waals surface area contributed by atoms with Gasteiger partial charge in [0.15, 0.2) is 0 Å². The second-order valence-electron chi connectivity index (χ2n) is 9.67. The molecule has 0 saturated carbocycles.